The summed E-state index contributed by atoms with van der Waals surface area (Å²) in [5.41, 5.74) is 0.754. The van der Waals surface area contributed by atoms with Crippen molar-refractivity contribution in [2.75, 3.05) is 0 Å². The van der Waals surface area contributed by atoms with Gasteiger partial charge in [0.2, 0.25) is 0 Å². The molecule has 2 rings (SSSR count). The summed E-state index contributed by atoms with van der Waals surface area (Å²) in [6.07, 6.45) is 0.142. The van der Waals surface area contributed by atoms with E-state index in [1.54, 1.807) is 6.07 Å². The molecule has 0 aliphatic carbocycles. The molecule has 19 heavy (non-hydrogen) atoms. The number of hydrogen-bond acceptors (Lipinski definition) is 0. The highest BCUT2D eigenvalue weighted by Gasteiger charge is 2.17. The van der Waals surface area contributed by atoms with Gasteiger partial charge in [-0.15, -0.1) is 0 Å². The molecule has 0 saturated carbocycles. The zero-order chi connectivity index (χ0) is 14.0. The van der Waals surface area contributed by atoms with Gasteiger partial charge in [-0.05, 0) is 36.2 Å². The minimum atomic E-state index is -0.581. The number of benzene rings is 2. The van der Waals surface area contributed by atoms with Gasteiger partial charge in [-0.2, -0.15) is 0 Å². The van der Waals surface area contributed by atoms with Gasteiger partial charge in [0.05, 0.1) is 0 Å². The number of halogens is 5. The quantitative estimate of drug-likeness (QED) is 0.600. The fraction of sp³-hybridized carbons (Fsp3) is 0.143. The molecule has 0 radical (unpaired) electrons. The third-order valence-electron chi connectivity index (χ3n) is 2.74. The second-order valence-corrected chi connectivity index (χ2v) is 6.00. The van der Waals surface area contributed by atoms with E-state index in [0.717, 1.165) is 5.56 Å². The molecule has 1 atom stereocenters. The highest BCUT2D eigenvalue weighted by Crippen LogP contribution is 2.34. The van der Waals surface area contributed by atoms with E-state index in [2.05, 4.69) is 31.9 Å². The molecule has 2 aromatic carbocycles. The average molecular weight is 394 g/mol. The van der Waals surface area contributed by atoms with Crippen molar-refractivity contribution >= 4 is 31.9 Å². The van der Waals surface area contributed by atoms with Gasteiger partial charge in [0.1, 0.15) is 17.5 Å². The molecule has 0 aromatic heterocycles. The van der Waals surface area contributed by atoms with Gasteiger partial charge in [0.15, 0.2) is 0 Å². The first-order chi connectivity index (χ1) is 8.99. The fourth-order valence-corrected chi connectivity index (χ4v) is 3.43. The summed E-state index contributed by atoms with van der Waals surface area (Å²) in [4.78, 5) is -0.311. The van der Waals surface area contributed by atoms with Crippen molar-refractivity contribution in [3.63, 3.8) is 0 Å². The Bertz CT molecular complexity index is 579. The monoisotopic (exact) mass is 392 g/mol. The number of hydrogen-bond donors (Lipinski definition) is 0. The van der Waals surface area contributed by atoms with Crippen LogP contribution in [0.1, 0.15) is 16.0 Å². The van der Waals surface area contributed by atoms with Crippen LogP contribution >= 0.6 is 31.9 Å². The van der Waals surface area contributed by atoms with Gasteiger partial charge >= 0.3 is 0 Å². The Labute approximate surface area is 125 Å². The van der Waals surface area contributed by atoms with Gasteiger partial charge in [-0.3, -0.25) is 0 Å². The fourth-order valence-electron chi connectivity index (χ4n) is 1.77. The van der Waals surface area contributed by atoms with Crippen LogP contribution in [0.4, 0.5) is 13.2 Å². The summed E-state index contributed by atoms with van der Waals surface area (Å²) >= 11 is 6.62. The normalized spacial score (nSPS) is 12.5. The molecule has 5 heteroatoms. The van der Waals surface area contributed by atoms with Crippen LogP contribution in [0.15, 0.2) is 40.9 Å². The van der Waals surface area contributed by atoms with Gasteiger partial charge in [-0.25, -0.2) is 13.2 Å². The molecule has 0 heterocycles. The molecule has 0 amide bonds. The van der Waals surface area contributed by atoms with E-state index in [0.29, 0.717) is 4.47 Å². The van der Waals surface area contributed by atoms with Crippen LogP contribution in [0, 0.1) is 17.5 Å². The highest BCUT2D eigenvalue weighted by atomic mass is 79.9. The van der Waals surface area contributed by atoms with E-state index < -0.39 is 11.6 Å². The summed E-state index contributed by atoms with van der Waals surface area (Å²) in [5, 5.41) is 0. The van der Waals surface area contributed by atoms with Crippen molar-refractivity contribution in [1.82, 2.24) is 0 Å². The molecule has 0 nitrogen and oxygen atoms in total. The second-order valence-electron chi connectivity index (χ2n) is 4.04. The van der Waals surface area contributed by atoms with Crippen LogP contribution < -0.4 is 0 Å². The molecule has 100 valence electrons. The Morgan fingerprint density at radius 2 is 1.63 bits per heavy atom. The third kappa shape index (κ3) is 3.39. The molecule has 2 aromatic rings. The van der Waals surface area contributed by atoms with Crippen molar-refractivity contribution in [2.24, 2.45) is 0 Å². The summed E-state index contributed by atoms with van der Waals surface area (Å²) in [5.74, 6) is -1.53. The zero-order valence-electron chi connectivity index (χ0n) is 9.64. The Hall–Kier alpha value is -0.810. The van der Waals surface area contributed by atoms with Crippen LogP contribution in [0.3, 0.4) is 0 Å². The lowest BCUT2D eigenvalue weighted by Crippen LogP contribution is -2.02. The Morgan fingerprint density at radius 1 is 1.00 bits per heavy atom. The SMILES string of the molecule is Fc1ccc(C(Br)Cc2c(F)cccc2F)c(Br)c1. The summed E-state index contributed by atoms with van der Waals surface area (Å²) in [7, 11) is 0. The summed E-state index contributed by atoms with van der Waals surface area (Å²) in [6, 6.07) is 7.98. The smallest absolute Gasteiger partial charge is 0.129 e. The maximum absolute atomic E-state index is 13.6. The van der Waals surface area contributed by atoms with Crippen molar-refractivity contribution in [3.8, 4) is 0 Å². The van der Waals surface area contributed by atoms with Crippen LogP contribution in [-0.4, -0.2) is 0 Å². The van der Waals surface area contributed by atoms with Crippen molar-refractivity contribution in [1.29, 1.82) is 0 Å². The molecular weight excluding hydrogens is 385 g/mol. The van der Waals surface area contributed by atoms with Crippen LogP contribution in [0.5, 0.6) is 0 Å². The molecular formula is C14H9Br2F3. The van der Waals surface area contributed by atoms with Crippen LogP contribution in [-0.2, 0) is 6.42 Å². The Morgan fingerprint density at radius 3 is 2.21 bits per heavy atom. The maximum Gasteiger partial charge on any atom is 0.129 e. The lowest BCUT2D eigenvalue weighted by Gasteiger charge is -2.13. The predicted octanol–water partition coefficient (Wildman–Crippen LogP) is 5.55. The first-order valence-corrected chi connectivity index (χ1v) is 7.22. The average Bonchev–Trinajstić information content (AvgIpc) is 2.33. The molecule has 0 aliphatic rings. The van der Waals surface area contributed by atoms with Crippen LogP contribution in [0.2, 0.25) is 0 Å². The minimum Gasteiger partial charge on any atom is -0.207 e. The molecule has 0 aliphatic heterocycles. The first kappa shape index (κ1) is 14.6. The predicted molar refractivity (Wildman–Crippen MR) is 75.8 cm³/mol. The van der Waals surface area contributed by atoms with E-state index in [4.69, 9.17) is 0 Å². The molecule has 0 fully saturated rings. The molecule has 0 bridgehead atoms. The topological polar surface area (TPSA) is 0 Å². The van der Waals surface area contributed by atoms with Gasteiger partial charge < -0.3 is 0 Å². The van der Waals surface area contributed by atoms with Crippen LogP contribution in [0.25, 0.3) is 0 Å². The van der Waals surface area contributed by atoms with E-state index in [9.17, 15) is 13.2 Å². The molecule has 0 spiro atoms. The molecule has 0 N–H and O–H groups in total. The number of alkyl halides is 1. The van der Waals surface area contributed by atoms with E-state index in [1.165, 1.54) is 30.3 Å². The zero-order valence-corrected chi connectivity index (χ0v) is 12.8. The standard InChI is InChI=1S/C14H9Br2F3/c15-11-6-8(17)4-5-9(11)12(16)7-10-13(18)2-1-3-14(10)19/h1-6,12H,7H2. The Kier molecular flexibility index (Phi) is 4.68. The van der Waals surface area contributed by atoms with Crippen molar-refractivity contribution in [3.05, 3.63) is 69.4 Å². The van der Waals surface area contributed by atoms with Gasteiger partial charge in [0.25, 0.3) is 0 Å². The Balaban J connectivity index is 2.28. The van der Waals surface area contributed by atoms with Crippen molar-refractivity contribution < 1.29 is 13.2 Å². The number of rotatable bonds is 3. The highest BCUT2D eigenvalue weighted by molar-refractivity contribution is 9.11. The lowest BCUT2D eigenvalue weighted by molar-refractivity contribution is 0.554. The van der Waals surface area contributed by atoms with E-state index >= 15 is 0 Å². The maximum atomic E-state index is 13.6. The van der Waals surface area contributed by atoms with E-state index in [-0.39, 0.29) is 22.6 Å². The largest absolute Gasteiger partial charge is 0.207 e. The molecule has 0 saturated heterocycles. The van der Waals surface area contributed by atoms with Crippen molar-refractivity contribution in [2.45, 2.75) is 11.2 Å². The summed E-state index contributed by atoms with van der Waals surface area (Å²) < 4.78 is 40.7. The van der Waals surface area contributed by atoms with Gasteiger partial charge in [0, 0.05) is 14.9 Å². The first-order valence-electron chi connectivity index (χ1n) is 5.51. The van der Waals surface area contributed by atoms with E-state index in [1.807, 2.05) is 0 Å². The lowest BCUT2D eigenvalue weighted by atomic mass is 10.0. The minimum absolute atomic E-state index is 0.0144. The van der Waals surface area contributed by atoms with Gasteiger partial charge in [-0.1, -0.05) is 44.0 Å². The molecule has 1 unspecified atom stereocenters. The summed E-state index contributed by atoms with van der Waals surface area (Å²) in [6.45, 7) is 0. The second kappa shape index (κ2) is 6.09. The third-order valence-corrected chi connectivity index (χ3v) is 4.25.